The fourth-order valence-electron chi connectivity index (χ4n) is 6.80. The number of thioether (sulfide) groups is 1. The highest BCUT2D eigenvalue weighted by molar-refractivity contribution is 7.98. The van der Waals surface area contributed by atoms with Gasteiger partial charge in [0.15, 0.2) is 11.9 Å². The van der Waals surface area contributed by atoms with Gasteiger partial charge in [0.05, 0.1) is 30.0 Å². The van der Waals surface area contributed by atoms with Crippen molar-refractivity contribution < 1.29 is 47.8 Å². The predicted octanol–water partition coefficient (Wildman–Crippen LogP) is 7.35. The highest BCUT2D eigenvalue weighted by atomic mass is 35.5. The largest absolute Gasteiger partial charge is 0.457 e. The van der Waals surface area contributed by atoms with Crippen LogP contribution in [0.3, 0.4) is 0 Å². The lowest BCUT2D eigenvalue weighted by molar-refractivity contribution is -0.161. The Morgan fingerprint density at radius 1 is 0.892 bits per heavy atom. The average molecular weight is 950 g/mol. The van der Waals surface area contributed by atoms with Gasteiger partial charge < -0.3 is 34.6 Å². The normalized spacial score (nSPS) is 15.9. The molecule has 2 N–H and O–H groups in total. The summed E-state index contributed by atoms with van der Waals surface area (Å²) >= 11 is 7.62. The minimum Gasteiger partial charge on any atom is -0.457 e. The maximum absolute atomic E-state index is 14.1. The summed E-state index contributed by atoms with van der Waals surface area (Å²) in [5.74, 6) is -3.74. The fraction of sp³-hybridized carbons (Fsp3) is 0.653. The number of carbonyl (C=O) groups is 7. The summed E-state index contributed by atoms with van der Waals surface area (Å²) in [5.41, 5.74) is 1.09. The number of Topliss-reactive ketones (excluding diaryl/α,β-unsaturated/α-hetero) is 1. The third-order valence-electron chi connectivity index (χ3n) is 11.3. The summed E-state index contributed by atoms with van der Waals surface area (Å²) in [6, 6.07) is 3.81. The number of esters is 2. The van der Waals surface area contributed by atoms with E-state index in [0.717, 1.165) is 5.57 Å². The summed E-state index contributed by atoms with van der Waals surface area (Å²) in [6.45, 7) is 22.7. The molecule has 0 fully saturated rings. The Bertz CT molecular complexity index is 1830. The van der Waals surface area contributed by atoms with Crippen LogP contribution < -0.4 is 10.6 Å². The van der Waals surface area contributed by atoms with E-state index in [1.165, 1.54) is 49.5 Å². The maximum Gasteiger partial charge on any atom is 0.334 e. The molecule has 0 heterocycles. The first-order valence-corrected chi connectivity index (χ1v) is 24.2. The highest BCUT2D eigenvalue weighted by Gasteiger charge is 2.36. The lowest BCUT2D eigenvalue weighted by Gasteiger charge is -2.33. The Hall–Kier alpha value is -4.21. The number of ketones is 1. The van der Waals surface area contributed by atoms with Crippen LogP contribution in [0, 0.1) is 23.2 Å². The number of hydrogen-bond donors (Lipinski definition) is 2. The zero-order valence-corrected chi connectivity index (χ0v) is 43.2. The zero-order valence-electron chi connectivity index (χ0n) is 41.7. The smallest absolute Gasteiger partial charge is 0.334 e. The molecule has 0 spiro atoms. The Morgan fingerprint density at radius 2 is 1.49 bits per heavy atom. The number of nitrogens with zero attached hydrogens (tertiary/aromatic N) is 2. The summed E-state index contributed by atoms with van der Waals surface area (Å²) in [5, 5.41) is 5.92. The van der Waals surface area contributed by atoms with Crippen LogP contribution in [-0.2, 0) is 54.2 Å². The molecule has 0 saturated carbocycles. The summed E-state index contributed by atoms with van der Waals surface area (Å²) in [7, 11) is 2.89. The molecule has 65 heavy (non-hydrogen) atoms. The quantitative estimate of drug-likeness (QED) is 0.0411. The van der Waals surface area contributed by atoms with Crippen molar-refractivity contribution >= 4 is 64.7 Å². The summed E-state index contributed by atoms with van der Waals surface area (Å²) in [6.07, 6.45) is 4.40. The predicted molar refractivity (Wildman–Crippen MR) is 258 cm³/mol. The van der Waals surface area contributed by atoms with Crippen molar-refractivity contribution in [3.8, 4) is 0 Å². The molecule has 1 rings (SSSR count). The lowest BCUT2D eigenvalue weighted by Crippen LogP contribution is -2.56. The van der Waals surface area contributed by atoms with Crippen LogP contribution in [0.4, 0.5) is 0 Å². The minimum absolute atomic E-state index is 0.0621. The van der Waals surface area contributed by atoms with Gasteiger partial charge in [-0.1, -0.05) is 76.9 Å². The van der Waals surface area contributed by atoms with Crippen molar-refractivity contribution in [1.82, 2.24) is 20.4 Å². The third-order valence-corrected chi connectivity index (χ3v) is 11.9. The van der Waals surface area contributed by atoms with Gasteiger partial charge >= 0.3 is 11.9 Å². The van der Waals surface area contributed by atoms with E-state index in [1.807, 2.05) is 60.8 Å². The van der Waals surface area contributed by atoms with E-state index in [2.05, 4.69) is 10.6 Å². The van der Waals surface area contributed by atoms with Crippen LogP contribution in [0.25, 0.3) is 0 Å². The van der Waals surface area contributed by atoms with Crippen molar-refractivity contribution in [2.45, 2.75) is 152 Å². The van der Waals surface area contributed by atoms with Gasteiger partial charge in [-0.25, -0.2) is 4.79 Å². The number of rotatable bonds is 26. The van der Waals surface area contributed by atoms with E-state index in [4.69, 9.17) is 25.8 Å². The SMILES string of the molecule is C/C=C(\C)[C@@H](OC(=O)C(C)(C)C)[C@@H](C)[C@H](C/C=C(\C)C(=O)O[C@H](CC(C)C)C(=O)N[C@@H](C)C(=O)N(C)[C@H](Cc1ccc(Cl)cc1)C(=O)N(C)CC(=O)N[C@H](C(C)=O)C(C)CC)OCSC. The first-order chi connectivity index (χ1) is 30.2. The van der Waals surface area contributed by atoms with E-state index < -0.39 is 71.5 Å². The molecule has 0 aromatic heterocycles. The molecule has 14 nitrogen and oxygen atoms in total. The first-order valence-electron chi connectivity index (χ1n) is 22.4. The van der Waals surface area contributed by atoms with Crippen molar-refractivity contribution in [2.75, 3.05) is 32.8 Å². The molecule has 1 aromatic rings. The van der Waals surface area contributed by atoms with Crippen LogP contribution >= 0.6 is 23.4 Å². The molecule has 0 aliphatic carbocycles. The second-order valence-electron chi connectivity index (χ2n) is 18.5. The number of amides is 4. The Labute approximate surface area is 397 Å². The van der Waals surface area contributed by atoms with Gasteiger partial charge in [0.25, 0.3) is 5.91 Å². The van der Waals surface area contributed by atoms with Gasteiger partial charge in [0, 0.05) is 37.0 Å². The standard InChI is InChI=1S/C49H77ClN4O10S/c1-17-30(5)42(35(10)55)52-41(56)27-53(14)46(59)38(26-36-20-22-37(50)23-21-36)54(15)45(58)34(9)51-44(57)40(25-29(3)4)63-47(60)32(7)19-24-39(62-28-65-16)33(8)43(31(6)18-2)64-48(61)49(11,12)13/h18-23,29-30,33-34,38-40,42-43H,17,24-28H2,1-16H3,(H,51,57)(H,52,56)/b31-18+,32-19+/t30?,33-,34-,38+,39-,40+,42-,43+/m0/s1. The lowest BCUT2D eigenvalue weighted by atomic mass is 9.89. The molecule has 8 atom stereocenters. The van der Waals surface area contributed by atoms with Gasteiger partial charge in [0.1, 0.15) is 18.2 Å². The van der Waals surface area contributed by atoms with Crippen LogP contribution in [0.15, 0.2) is 47.6 Å². The number of allylic oxidation sites excluding steroid dienone is 1. The molecule has 0 bridgehead atoms. The van der Waals surface area contributed by atoms with E-state index in [0.29, 0.717) is 22.9 Å². The molecule has 366 valence electrons. The number of ether oxygens (including phenoxy) is 3. The van der Waals surface area contributed by atoms with Gasteiger partial charge in [-0.05, 0) is 110 Å². The summed E-state index contributed by atoms with van der Waals surface area (Å²) in [4.78, 5) is 96.3. The fourth-order valence-corrected chi connectivity index (χ4v) is 7.24. The zero-order chi connectivity index (χ0) is 49.9. The van der Waals surface area contributed by atoms with Crippen LogP contribution in [-0.4, -0.2) is 120 Å². The highest BCUT2D eigenvalue weighted by Crippen LogP contribution is 2.28. The molecule has 16 heteroatoms. The second-order valence-corrected chi connectivity index (χ2v) is 19.7. The molecular formula is C49H77ClN4O10S. The van der Waals surface area contributed by atoms with Gasteiger partial charge in [-0.15, -0.1) is 11.8 Å². The van der Waals surface area contributed by atoms with Crippen molar-refractivity contribution in [1.29, 1.82) is 0 Å². The third kappa shape index (κ3) is 19.7. The summed E-state index contributed by atoms with van der Waals surface area (Å²) < 4.78 is 18.0. The van der Waals surface area contributed by atoms with Crippen LogP contribution in [0.1, 0.15) is 115 Å². The number of likely N-dealkylation sites (N-methyl/N-ethyl adjacent to an activating group) is 2. The van der Waals surface area contributed by atoms with Crippen molar-refractivity contribution in [3.05, 3.63) is 58.1 Å². The van der Waals surface area contributed by atoms with Gasteiger partial charge in [-0.2, -0.15) is 0 Å². The van der Waals surface area contributed by atoms with Gasteiger partial charge in [0.2, 0.25) is 17.7 Å². The Balaban J connectivity index is 3.32. The van der Waals surface area contributed by atoms with E-state index in [-0.39, 0.29) is 60.9 Å². The van der Waals surface area contributed by atoms with Gasteiger partial charge in [-0.3, -0.25) is 28.8 Å². The Kier molecular flexibility index (Phi) is 25.4. The number of benzene rings is 1. The van der Waals surface area contributed by atoms with Crippen molar-refractivity contribution in [2.24, 2.45) is 23.2 Å². The number of hydrogen-bond acceptors (Lipinski definition) is 11. The molecule has 0 aliphatic rings. The maximum atomic E-state index is 14.1. The molecule has 4 amide bonds. The second kappa shape index (κ2) is 28.1. The molecule has 0 aliphatic heterocycles. The average Bonchev–Trinajstić information content (AvgIpc) is 3.24. The number of nitrogens with one attached hydrogen (secondary N) is 2. The van der Waals surface area contributed by atoms with Crippen LogP contribution in [0.2, 0.25) is 5.02 Å². The number of halogens is 1. The molecular weight excluding hydrogens is 872 g/mol. The molecule has 1 aromatic carbocycles. The molecule has 1 unspecified atom stereocenters. The first kappa shape index (κ1) is 58.8. The number of carbonyl (C=O) groups excluding carboxylic acids is 7. The minimum atomic E-state index is -1.25. The van der Waals surface area contributed by atoms with E-state index in [1.54, 1.807) is 58.0 Å². The van der Waals surface area contributed by atoms with E-state index >= 15 is 0 Å². The molecule has 0 radical (unpaired) electrons. The Morgan fingerprint density at radius 3 is 2.00 bits per heavy atom. The van der Waals surface area contributed by atoms with E-state index in [9.17, 15) is 33.6 Å². The van der Waals surface area contributed by atoms with Crippen molar-refractivity contribution in [3.63, 3.8) is 0 Å². The topological polar surface area (TPSA) is 178 Å². The monoisotopic (exact) mass is 949 g/mol. The molecule has 0 saturated heterocycles. The van der Waals surface area contributed by atoms with Crippen LogP contribution in [0.5, 0.6) is 0 Å².